The molecule has 0 unspecified atom stereocenters. The van der Waals surface area contributed by atoms with Crippen LogP contribution in [0.2, 0.25) is 0 Å². The molecule has 2 heterocycles. The molecule has 1 saturated heterocycles. The number of esters is 1. The number of para-hydroxylation sites is 1. The van der Waals surface area contributed by atoms with Crippen LogP contribution in [0.4, 0.5) is 20.3 Å². The molecule has 3 N–H and O–H groups in total. The summed E-state index contributed by atoms with van der Waals surface area (Å²) < 4.78 is 34.1. The van der Waals surface area contributed by atoms with Crippen molar-refractivity contribution in [3.8, 4) is 17.0 Å². The maximum absolute atomic E-state index is 14.7. The fraction of sp³-hybridized carbons (Fsp3) is 0.261. The molecule has 3 aromatic rings. The number of halogens is 2. The fourth-order valence-electron chi connectivity index (χ4n) is 3.98. The molecule has 0 bridgehead atoms. The monoisotopic (exact) mass is 440 g/mol. The molecule has 4 rings (SSSR count). The van der Waals surface area contributed by atoms with Gasteiger partial charge in [-0.2, -0.15) is 0 Å². The van der Waals surface area contributed by atoms with Crippen molar-refractivity contribution in [2.75, 3.05) is 30.8 Å². The van der Waals surface area contributed by atoms with Gasteiger partial charge in [-0.25, -0.2) is 13.6 Å². The number of alkyl halides is 2. The second-order valence-electron chi connectivity index (χ2n) is 7.77. The SMILES string of the molecule is COC(=O)c1ccc([C@@H]2CN(c3cc(-c4ccccc4O)nnc3N)CC(F)(F)C2)cc1. The number of carbonyl (C=O) groups excluding carboxylic acids is 1. The molecule has 0 amide bonds. The van der Waals surface area contributed by atoms with E-state index in [1.54, 1.807) is 48.5 Å². The van der Waals surface area contributed by atoms with Gasteiger partial charge in [0.2, 0.25) is 0 Å². The van der Waals surface area contributed by atoms with Crippen LogP contribution in [-0.2, 0) is 4.74 Å². The number of aromatic hydroxyl groups is 1. The highest BCUT2D eigenvalue weighted by atomic mass is 19.3. The Bertz CT molecular complexity index is 1140. The molecule has 0 saturated carbocycles. The lowest BCUT2D eigenvalue weighted by atomic mass is 9.88. The summed E-state index contributed by atoms with van der Waals surface area (Å²) in [6.45, 7) is -0.233. The van der Waals surface area contributed by atoms with Crippen molar-refractivity contribution in [2.45, 2.75) is 18.3 Å². The summed E-state index contributed by atoms with van der Waals surface area (Å²) in [6, 6.07) is 14.6. The van der Waals surface area contributed by atoms with Crippen LogP contribution in [0.1, 0.15) is 28.3 Å². The zero-order valence-electron chi connectivity index (χ0n) is 17.3. The molecule has 0 radical (unpaired) electrons. The summed E-state index contributed by atoms with van der Waals surface area (Å²) in [5.74, 6) is -3.91. The van der Waals surface area contributed by atoms with Gasteiger partial charge in [0, 0.05) is 24.4 Å². The molecule has 1 aliphatic heterocycles. The minimum atomic E-state index is -2.96. The van der Waals surface area contributed by atoms with Gasteiger partial charge in [-0.15, -0.1) is 10.2 Å². The Morgan fingerprint density at radius 1 is 1.19 bits per heavy atom. The van der Waals surface area contributed by atoms with E-state index in [4.69, 9.17) is 5.73 Å². The van der Waals surface area contributed by atoms with Crippen molar-refractivity contribution < 1.29 is 23.4 Å². The average molecular weight is 440 g/mol. The summed E-state index contributed by atoms with van der Waals surface area (Å²) in [5.41, 5.74) is 8.13. The van der Waals surface area contributed by atoms with E-state index in [9.17, 15) is 18.7 Å². The van der Waals surface area contributed by atoms with Gasteiger partial charge in [-0.1, -0.05) is 24.3 Å². The van der Waals surface area contributed by atoms with Crippen LogP contribution in [0.3, 0.4) is 0 Å². The van der Waals surface area contributed by atoms with Gasteiger partial charge in [0.25, 0.3) is 5.92 Å². The summed E-state index contributed by atoms with van der Waals surface area (Å²) in [6.07, 6.45) is -0.328. The minimum absolute atomic E-state index is 0.00469. The first-order valence-electron chi connectivity index (χ1n) is 10.00. The zero-order valence-corrected chi connectivity index (χ0v) is 17.3. The Kier molecular flexibility index (Phi) is 5.65. The number of rotatable bonds is 4. The molecule has 32 heavy (non-hydrogen) atoms. The number of carbonyl (C=O) groups is 1. The third kappa shape index (κ3) is 4.32. The standard InChI is InChI=1S/C23H22F2N4O3/c1-32-22(31)15-8-6-14(7-9-15)16-11-23(24,25)13-29(12-16)19-10-18(27-28-21(19)26)17-4-2-3-5-20(17)30/h2-10,16,30H,11-13H2,1H3,(H2,26,28)/t16-/m0/s1. The Hall–Kier alpha value is -3.75. The first-order chi connectivity index (χ1) is 15.3. The van der Waals surface area contributed by atoms with Crippen molar-refractivity contribution in [1.82, 2.24) is 10.2 Å². The second kappa shape index (κ2) is 8.41. The molecule has 166 valence electrons. The van der Waals surface area contributed by atoms with Crippen molar-refractivity contribution in [1.29, 1.82) is 0 Å². The molecular formula is C23H22F2N4O3. The normalized spacial score (nSPS) is 17.7. The third-order valence-corrected chi connectivity index (χ3v) is 5.53. The van der Waals surface area contributed by atoms with E-state index >= 15 is 0 Å². The number of anilines is 2. The number of ether oxygens (including phenoxy) is 1. The number of nitrogens with two attached hydrogens (primary N) is 1. The third-order valence-electron chi connectivity index (χ3n) is 5.53. The van der Waals surface area contributed by atoms with Gasteiger partial charge in [-0.05, 0) is 35.9 Å². The molecule has 7 nitrogen and oxygen atoms in total. The number of hydrogen-bond donors (Lipinski definition) is 2. The van der Waals surface area contributed by atoms with Crippen LogP contribution in [-0.4, -0.2) is 47.4 Å². The summed E-state index contributed by atoms with van der Waals surface area (Å²) in [4.78, 5) is 13.2. The number of nitrogens with zero attached hydrogens (tertiary/aromatic N) is 3. The van der Waals surface area contributed by atoms with E-state index in [0.29, 0.717) is 28.1 Å². The Balaban J connectivity index is 1.66. The molecule has 0 spiro atoms. The van der Waals surface area contributed by atoms with Crippen LogP contribution in [0.5, 0.6) is 5.75 Å². The van der Waals surface area contributed by atoms with Crippen molar-refractivity contribution in [2.24, 2.45) is 0 Å². The van der Waals surface area contributed by atoms with Gasteiger partial charge in [0.1, 0.15) is 5.75 Å². The maximum Gasteiger partial charge on any atom is 0.337 e. The van der Waals surface area contributed by atoms with Gasteiger partial charge in [-0.3, -0.25) is 0 Å². The number of nitrogen functional groups attached to an aromatic ring is 1. The number of phenols is 1. The fourth-order valence-corrected chi connectivity index (χ4v) is 3.98. The molecule has 1 atom stereocenters. The van der Waals surface area contributed by atoms with Gasteiger partial charge >= 0.3 is 5.97 Å². The molecular weight excluding hydrogens is 418 g/mol. The molecule has 0 aliphatic carbocycles. The van der Waals surface area contributed by atoms with E-state index in [1.807, 2.05) is 0 Å². The first-order valence-corrected chi connectivity index (χ1v) is 10.00. The number of hydrogen-bond acceptors (Lipinski definition) is 7. The largest absolute Gasteiger partial charge is 0.507 e. The highest BCUT2D eigenvalue weighted by molar-refractivity contribution is 5.89. The first kappa shape index (κ1) is 21.5. The lowest BCUT2D eigenvalue weighted by molar-refractivity contribution is -0.0182. The topological polar surface area (TPSA) is 102 Å². The Morgan fingerprint density at radius 3 is 2.59 bits per heavy atom. The summed E-state index contributed by atoms with van der Waals surface area (Å²) >= 11 is 0. The van der Waals surface area contributed by atoms with E-state index < -0.39 is 24.4 Å². The lowest BCUT2D eigenvalue weighted by Crippen LogP contribution is -2.46. The number of piperidine rings is 1. The minimum Gasteiger partial charge on any atom is -0.507 e. The molecule has 2 aromatic carbocycles. The highest BCUT2D eigenvalue weighted by Gasteiger charge is 2.41. The number of phenolic OH excluding ortho intramolecular Hbond substituents is 1. The van der Waals surface area contributed by atoms with E-state index in [1.165, 1.54) is 18.1 Å². The van der Waals surface area contributed by atoms with Crippen molar-refractivity contribution >= 4 is 17.5 Å². The number of aromatic nitrogens is 2. The zero-order chi connectivity index (χ0) is 22.9. The molecule has 1 aliphatic rings. The summed E-state index contributed by atoms with van der Waals surface area (Å²) in [7, 11) is 1.28. The van der Waals surface area contributed by atoms with Gasteiger partial charge in [0.05, 0.1) is 30.6 Å². The second-order valence-corrected chi connectivity index (χ2v) is 7.77. The molecule has 9 heteroatoms. The number of methoxy groups -OCH3 is 1. The van der Waals surface area contributed by atoms with Gasteiger partial charge in [0.15, 0.2) is 5.82 Å². The smallest absolute Gasteiger partial charge is 0.337 e. The average Bonchev–Trinajstić information content (AvgIpc) is 2.78. The van der Waals surface area contributed by atoms with Crippen LogP contribution >= 0.6 is 0 Å². The van der Waals surface area contributed by atoms with Crippen LogP contribution in [0.25, 0.3) is 11.3 Å². The molecule has 1 fully saturated rings. The van der Waals surface area contributed by atoms with E-state index in [0.717, 1.165) is 0 Å². The van der Waals surface area contributed by atoms with Crippen LogP contribution < -0.4 is 10.6 Å². The Morgan fingerprint density at radius 2 is 1.91 bits per heavy atom. The summed E-state index contributed by atoms with van der Waals surface area (Å²) in [5, 5.41) is 18.1. The predicted molar refractivity (Wildman–Crippen MR) is 116 cm³/mol. The Labute approximate surface area is 183 Å². The van der Waals surface area contributed by atoms with Crippen LogP contribution in [0, 0.1) is 0 Å². The van der Waals surface area contributed by atoms with Crippen molar-refractivity contribution in [3.05, 3.63) is 65.7 Å². The van der Waals surface area contributed by atoms with Crippen molar-refractivity contribution in [3.63, 3.8) is 0 Å². The maximum atomic E-state index is 14.7. The quantitative estimate of drug-likeness (QED) is 0.594. The lowest BCUT2D eigenvalue weighted by Gasteiger charge is -2.39. The van der Waals surface area contributed by atoms with Crippen LogP contribution in [0.15, 0.2) is 54.6 Å². The van der Waals surface area contributed by atoms with Gasteiger partial charge < -0.3 is 20.5 Å². The predicted octanol–water partition coefficient (Wildman–Crippen LogP) is 3.85. The number of benzene rings is 2. The molecule has 1 aromatic heterocycles. The highest BCUT2D eigenvalue weighted by Crippen LogP contribution is 2.40. The van der Waals surface area contributed by atoms with E-state index in [-0.39, 0.29) is 24.5 Å². The van der Waals surface area contributed by atoms with E-state index in [2.05, 4.69) is 14.9 Å².